The van der Waals surface area contributed by atoms with E-state index in [1.807, 2.05) is 0 Å². The number of hydrogen-bond acceptors (Lipinski definition) is 4. The van der Waals surface area contributed by atoms with Gasteiger partial charge in [0.05, 0.1) is 12.2 Å². The van der Waals surface area contributed by atoms with E-state index in [2.05, 4.69) is 17.6 Å². The zero-order valence-electron chi connectivity index (χ0n) is 17.3. The lowest BCUT2D eigenvalue weighted by atomic mass is 9.81. The average molecular weight is 402 g/mol. The third-order valence-corrected chi connectivity index (χ3v) is 5.72. The first kappa shape index (κ1) is 21.1. The van der Waals surface area contributed by atoms with Crippen LogP contribution in [0.3, 0.4) is 0 Å². The van der Waals surface area contributed by atoms with Gasteiger partial charge in [0, 0.05) is 31.2 Å². The molecule has 1 saturated heterocycles. The first-order valence-electron chi connectivity index (χ1n) is 10.6. The van der Waals surface area contributed by atoms with Gasteiger partial charge in [0.25, 0.3) is 0 Å². The minimum atomic E-state index is -0.403. The number of likely N-dealkylation sites (tertiary alicyclic amines) is 1. The quantitative estimate of drug-likeness (QED) is 0.686. The van der Waals surface area contributed by atoms with E-state index in [4.69, 9.17) is 4.74 Å². The minimum Gasteiger partial charge on any atom is -0.462 e. The van der Waals surface area contributed by atoms with Crippen molar-refractivity contribution in [3.05, 3.63) is 29.8 Å². The second-order valence-corrected chi connectivity index (χ2v) is 7.94. The molecule has 1 aromatic rings. The van der Waals surface area contributed by atoms with Gasteiger partial charge in [-0.3, -0.25) is 4.79 Å². The van der Waals surface area contributed by atoms with Crippen molar-refractivity contribution < 1.29 is 19.1 Å². The topological polar surface area (TPSA) is 87.7 Å². The minimum absolute atomic E-state index is 0.143. The maximum atomic E-state index is 12.7. The van der Waals surface area contributed by atoms with Crippen molar-refractivity contribution in [3.8, 4) is 0 Å². The maximum Gasteiger partial charge on any atom is 0.338 e. The molecule has 1 saturated carbocycles. The van der Waals surface area contributed by atoms with Crippen LogP contribution in [0.4, 0.5) is 10.5 Å². The Bertz CT molecular complexity index is 747. The van der Waals surface area contributed by atoms with Crippen LogP contribution in [0.5, 0.6) is 0 Å². The molecule has 1 aliphatic carbocycles. The first-order valence-corrected chi connectivity index (χ1v) is 10.6. The number of nitrogens with one attached hydrogen (secondary N) is 2. The summed E-state index contributed by atoms with van der Waals surface area (Å²) in [6.07, 6.45) is 4.50. The van der Waals surface area contributed by atoms with Crippen molar-refractivity contribution >= 4 is 23.6 Å². The van der Waals surface area contributed by atoms with Crippen molar-refractivity contribution in [2.75, 3.05) is 25.0 Å². The lowest BCUT2D eigenvalue weighted by Crippen LogP contribution is -2.46. The molecule has 0 spiro atoms. The largest absolute Gasteiger partial charge is 0.462 e. The Morgan fingerprint density at radius 2 is 1.93 bits per heavy atom. The Hall–Kier alpha value is -2.57. The highest BCUT2D eigenvalue weighted by Gasteiger charge is 2.33. The van der Waals surface area contributed by atoms with Gasteiger partial charge in [0.15, 0.2) is 0 Å². The fraction of sp³-hybridized carbons (Fsp3) is 0.591. The molecule has 1 aromatic carbocycles. The number of amides is 3. The summed E-state index contributed by atoms with van der Waals surface area (Å²) in [6, 6.07) is 6.99. The molecule has 1 heterocycles. The Morgan fingerprint density at radius 1 is 1.14 bits per heavy atom. The van der Waals surface area contributed by atoms with E-state index < -0.39 is 5.97 Å². The summed E-state index contributed by atoms with van der Waals surface area (Å²) in [4.78, 5) is 38.6. The molecule has 1 aliphatic heterocycles. The highest BCUT2D eigenvalue weighted by atomic mass is 16.5. The summed E-state index contributed by atoms with van der Waals surface area (Å²) >= 11 is 0. The van der Waals surface area contributed by atoms with Gasteiger partial charge in [0.1, 0.15) is 0 Å². The monoisotopic (exact) mass is 401 g/mol. The molecule has 2 atom stereocenters. The van der Waals surface area contributed by atoms with Gasteiger partial charge < -0.3 is 20.3 Å². The summed E-state index contributed by atoms with van der Waals surface area (Å²) in [5.41, 5.74) is 0.982. The summed E-state index contributed by atoms with van der Waals surface area (Å²) in [5.74, 6) is 0.366. The molecule has 0 aromatic heterocycles. The van der Waals surface area contributed by atoms with Crippen molar-refractivity contribution in [2.24, 2.45) is 11.8 Å². The highest BCUT2D eigenvalue weighted by Crippen LogP contribution is 2.30. The number of urea groups is 1. The average Bonchev–Trinajstić information content (AvgIpc) is 3.52. The molecule has 3 amide bonds. The van der Waals surface area contributed by atoms with Crippen LogP contribution in [0.15, 0.2) is 24.3 Å². The molecule has 0 bridgehead atoms. The molecule has 2 aliphatic rings. The molecular weight excluding hydrogens is 370 g/mol. The lowest BCUT2D eigenvalue weighted by Gasteiger charge is -2.38. The molecule has 2 N–H and O–H groups in total. The Balaban J connectivity index is 1.54. The number of carbonyl (C=O) groups is 3. The summed E-state index contributed by atoms with van der Waals surface area (Å²) < 4.78 is 5.01. The van der Waals surface area contributed by atoms with Crippen LogP contribution < -0.4 is 10.6 Å². The smallest absolute Gasteiger partial charge is 0.338 e. The Morgan fingerprint density at radius 3 is 2.62 bits per heavy atom. The first-order chi connectivity index (χ1) is 14.0. The van der Waals surface area contributed by atoms with Crippen LogP contribution in [0.25, 0.3) is 0 Å². The molecule has 3 rings (SSSR count). The fourth-order valence-corrected chi connectivity index (χ4v) is 3.89. The summed E-state index contributed by atoms with van der Waals surface area (Å²) in [7, 11) is 0. The molecular formula is C22H31N3O4. The van der Waals surface area contributed by atoms with E-state index in [1.54, 1.807) is 36.1 Å². The zero-order chi connectivity index (χ0) is 20.8. The van der Waals surface area contributed by atoms with Crippen molar-refractivity contribution in [1.29, 1.82) is 0 Å². The summed E-state index contributed by atoms with van der Waals surface area (Å²) in [5, 5.41) is 5.95. The van der Waals surface area contributed by atoms with E-state index in [0.29, 0.717) is 55.2 Å². The van der Waals surface area contributed by atoms with Gasteiger partial charge in [-0.2, -0.15) is 0 Å². The number of benzene rings is 1. The van der Waals surface area contributed by atoms with Gasteiger partial charge in [0.2, 0.25) is 5.91 Å². The van der Waals surface area contributed by atoms with Crippen molar-refractivity contribution in [1.82, 2.24) is 10.2 Å². The number of rotatable bonds is 7. The second-order valence-electron chi connectivity index (χ2n) is 7.94. The maximum absolute atomic E-state index is 12.7. The second kappa shape index (κ2) is 9.76. The van der Waals surface area contributed by atoms with Gasteiger partial charge in [-0.05, 0) is 56.2 Å². The molecule has 7 nitrogen and oxygen atoms in total. The standard InChI is InChI=1S/C22H31N3O4/c1-3-15-14-25(11-10-16(15)13-20(26)23-18-8-9-18)22(28)24-19-7-5-6-17(12-19)21(27)29-4-2/h5-7,12,15-16,18H,3-4,8-11,13-14H2,1-2H3,(H,23,26)(H,24,28). The van der Waals surface area contributed by atoms with Crippen molar-refractivity contribution in [3.63, 3.8) is 0 Å². The number of ether oxygens (including phenoxy) is 1. The van der Waals surface area contributed by atoms with E-state index in [-0.39, 0.29) is 11.9 Å². The van der Waals surface area contributed by atoms with Crippen LogP contribution in [-0.2, 0) is 9.53 Å². The Labute approximate surface area is 172 Å². The number of carbonyl (C=O) groups excluding carboxylic acids is 3. The van der Waals surface area contributed by atoms with E-state index in [9.17, 15) is 14.4 Å². The number of nitrogens with zero attached hydrogens (tertiary/aromatic N) is 1. The normalized spacial score (nSPS) is 21.4. The molecule has 158 valence electrons. The van der Waals surface area contributed by atoms with Crippen molar-refractivity contribution in [2.45, 2.75) is 52.0 Å². The lowest BCUT2D eigenvalue weighted by molar-refractivity contribution is -0.123. The van der Waals surface area contributed by atoms with Gasteiger partial charge >= 0.3 is 12.0 Å². The fourth-order valence-electron chi connectivity index (χ4n) is 3.89. The van der Waals surface area contributed by atoms with Gasteiger partial charge in [-0.15, -0.1) is 0 Å². The number of hydrogen-bond donors (Lipinski definition) is 2. The van der Waals surface area contributed by atoms with Gasteiger partial charge in [-0.1, -0.05) is 19.4 Å². The van der Waals surface area contributed by atoms with Crippen LogP contribution >= 0.6 is 0 Å². The van der Waals surface area contributed by atoms with Crippen LogP contribution in [0, 0.1) is 11.8 Å². The predicted octanol–water partition coefficient (Wildman–Crippen LogP) is 3.41. The third kappa shape index (κ3) is 5.95. The summed E-state index contributed by atoms with van der Waals surface area (Å²) in [6.45, 7) is 5.44. The molecule has 29 heavy (non-hydrogen) atoms. The Kier molecular flexibility index (Phi) is 7.12. The molecule has 0 radical (unpaired) electrons. The highest BCUT2D eigenvalue weighted by molar-refractivity contribution is 5.94. The van der Waals surface area contributed by atoms with Crippen LogP contribution in [-0.4, -0.2) is 48.5 Å². The van der Waals surface area contributed by atoms with Crippen LogP contribution in [0.2, 0.25) is 0 Å². The van der Waals surface area contributed by atoms with E-state index in [0.717, 1.165) is 25.7 Å². The predicted molar refractivity (Wildman–Crippen MR) is 111 cm³/mol. The van der Waals surface area contributed by atoms with Crippen LogP contribution in [0.1, 0.15) is 56.3 Å². The third-order valence-electron chi connectivity index (χ3n) is 5.72. The van der Waals surface area contributed by atoms with Gasteiger partial charge in [-0.25, -0.2) is 9.59 Å². The number of piperidine rings is 1. The van der Waals surface area contributed by atoms with E-state index in [1.165, 1.54) is 0 Å². The molecule has 7 heteroatoms. The number of anilines is 1. The van der Waals surface area contributed by atoms with E-state index >= 15 is 0 Å². The number of esters is 1. The molecule has 2 unspecified atom stereocenters. The molecule has 2 fully saturated rings. The SMILES string of the molecule is CCOC(=O)c1cccc(NC(=O)N2CCC(CC(=O)NC3CC3)C(CC)C2)c1. The zero-order valence-corrected chi connectivity index (χ0v) is 17.3.